The molecule has 0 spiro atoms. The van der Waals surface area contributed by atoms with E-state index in [9.17, 15) is 4.79 Å². The summed E-state index contributed by atoms with van der Waals surface area (Å²) in [4.78, 5) is 12.2. The monoisotopic (exact) mass is 264 g/mol. The molecule has 5 heteroatoms. The molecule has 0 bridgehead atoms. The fraction of sp³-hybridized carbons (Fsp3) is 0.714. The van der Waals surface area contributed by atoms with E-state index in [2.05, 4.69) is 17.3 Å². The molecule has 1 aromatic rings. The quantitative estimate of drug-likeness (QED) is 0.851. The molecular weight excluding hydrogens is 240 g/mol. The molecular formula is C14H24N4O. The van der Waals surface area contributed by atoms with Crippen molar-refractivity contribution in [2.75, 3.05) is 6.54 Å². The van der Waals surface area contributed by atoms with Crippen molar-refractivity contribution in [3.63, 3.8) is 0 Å². The fourth-order valence-corrected chi connectivity index (χ4v) is 2.87. The average molecular weight is 264 g/mol. The Hall–Kier alpha value is -1.36. The molecule has 3 N–H and O–H groups in total. The second-order valence-corrected chi connectivity index (χ2v) is 5.84. The molecule has 0 aliphatic heterocycles. The van der Waals surface area contributed by atoms with Gasteiger partial charge in [-0.05, 0) is 24.8 Å². The molecule has 19 heavy (non-hydrogen) atoms. The van der Waals surface area contributed by atoms with Crippen LogP contribution in [0.15, 0.2) is 12.3 Å². The highest BCUT2D eigenvalue weighted by molar-refractivity contribution is 5.86. The SMILES string of the molecule is CC1CCCC(N)(C(=O)NCCc2ccn(C)n2)C1. The Morgan fingerprint density at radius 2 is 2.47 bits per heavy atom. The number of hydrogen-bond acceptors (Lipinski definition) is 3. The number of nitrogens with zero attached hydrogens (tertiary/aromatic N) is 2. The van der Waals surface area contributed by atoms with Gasteiger partial charge in [0, 0.05) is 26.2 Å². The zero-order valence-corrected chi connectivity index (χ0v) is 11.9. The minimum absolute atomic E-state index is 0.00465. The molecule has 2 rings (SSSR count). The highest BCUT2D eigenvalue weighted by atomic mass is 16.2. The number of hydrogen-bond donors (Lipinski definition) is 2. The number of aromatic nitrogens is 2. The van der Waals surface area contributed by atoms with Gasteiger partial charge in [-0.1, -0.05) is 19.8 Å². The summed E-state index contributed by atoms with van der Waals surface area (Å²) in [5.41, 5.74) is 6.57. The van der Waals surface area contributed by atoms with Crippen molar-refractivity contribution in [1.82, 2.24) is 15.1 Å². The van der Waals surface area contributed by atoms with Crippen LogP contribution in [-0.2, 0) is 18.3 Å². The van der Waals surface area contributed by atoms with Crippen LogP contribution in [0.3, 0.4) is 0 Å². The third-order valence-electron chi connectivity index (χ3n) is 3.92. The number of aryl methyl sites for hydroxylation is 1. The molecule has 1 aliphatic carbocycles. The molecule has 1 saturated carbocycles. The van der Waals surface area contributed by atoms with Crippen LogP contribution in [0.2, 0.25) is 0 Å². The molecule has 1 fully saturated rings. The molecule has 1 aromatic heterocycles. The van der Waals surface area contributed by atoms with Gasteiger partial charge in [0.25, 0.3) is 0 Å². The third-order valence-corrected chi connectivity index (χ3v) is 3.92. The minimum Gasteiger partial charge on any atom is -0.354 e. The maximum absolute atomic E-state index is 12.2. The first-order chi connectivity index (χ1) is 8.99. The summed E-state index contributed by atoms with van der Waals surface area (Å²) in [6.07, 6.45) is 6.48. The van der Waals surface area contributed by atoms with Gasteiger partial charge >= 0.3 is 0 Å². The average Bonchev–Trinajstić information content (AvgIpc) is 2.74. The summed E-state index contributed by atoms with van der Waals surface area (Å²) in [7, 11) is 1.89. The maximum Gasteiger partial charge on any atom is 0.240 e. The number of rotatable bonds is 4. The van der Waals surface area contributed by atoms with Crippen molar-refractivity contribution in [2.45, 2.75) is 44.6 Å². The number of carbonyl (C=O) groups is 1. The summed E-state index contributed by atoms with van der Waals surface area (Å²) >= 11 is 0. The third kappa shape index (κ3) is 3.56. The fourth-order valence-electron chi connectivity index (χ4n) is 2.87. The van der Waals surface area contributed by atoms with E-state index in [4.69, 9.17) is 5.73 Å². The van der Waals surface area contributed by atoms with E-state index < -0.39 is 5.54 Å². The minimum atomic E-state index is -0.665. The van der Waals surface area contributed by atoms with Gasteiger partial charge in [-0.25, -0.2) is 0 Å². The molecule has 2 atom stereocenters. The normalized spacial score (nSPS) is 27.2. The topological polar surface area (TPSA) is 72.9 Å². The van der Waals surface area contributed by atoms with Crippen molar-refractivity contribution in [1.29, 1.82) is 0 Å². The van der Waals surface area contributed by atoms with E-state index in [-0.39, 0.29) is 5.91 Å². The Kier molecular flexibility index (Phi) is 4.24. The lowest BCUT2D eigenvalue weighted by Gasteiger charge is -2.35. The van der Waals surface area contributed by atoms with Crippen LogP contribution in [0.1, 0.15) is 38.3 Å². The van der Waals surface area contributed by atoms with Crippen LogP contribution >= 0.6 is 0 Å². The first-order valence-electron chi connectivity index (χ1n) is 7.05. The number of carbonyl (C=O) groups excluding carboxylic acids is 1. The molecule has 0 saturated heterocycles. The van der Waals surface area contributed by atoms with Crippen molar-refractivity contribution in [3.05, 3.63) is 18.0 Å². The molecule has 5 nitrogen and oxygen atoms in total. The van der Waals surface area contributed by atoms with E-state index in [1.54, 1.807) is 4.68 Å². The van der Waals surface area contributed by atoms with Crippen molar-refractivity contribution in [2.24, 2.45) is 18.7 Å². The Balaban J connectivity index is 1.80. The van der Waals surface area contributed by atoms with Crippen LogP contribution in [0.25, 0.3) is 0 Å². The molecule has 1 aliphatic rings. The smallest absolute Gasteiger partial charge is 0.240 e. The van der Waals surface area contributed by atoms with Crippen LogP contribution < -0.4 is 11.1 Å². The Bertz CT molecular complexity index is 442. The highest BCUT2D eigenvalue weighted by Crippen LogP contribution is 2.30. The second kappa shape index (κ2) is 5.74. The van der Waals surface area contributed by atoms with Gasteiger partial charge in [-0.2, -0.15) is 5.10 Å². The van der Waals surface area contributed by atoms with Crippen molar-refractivity contribution in [3.8, 4) is 0 Å². The van der Waals surface area contributed by atoms with Gasteiger partial charge < -0.3 is 11.1 Å². The highest BCUT2D eigenvalue weighted by Gasteiger charge is 2.37. The summed E-state index contributed by atoms with van der Waals surface area (Å²) in [6, 6.07) is 1.97. The first-order valence-corrected chi connectivity index (χ1v) is 7.05. The number of nitrogens with two attached hydrogens (primary N) is 1. The number of amides is 1. The van der Waals surface area contributed by atoms with Crippen LogP contribution in [0.4, 0.5) is 0 Å². The zero-order chi connectivity index (χ0) is 13.9. The summed E-state index contributed by atoms with van der Waals surface area (Å²) in [5.74, 6) is 0.537. The first kappa shape index (κ1) is 14.1. The Labute approximate surface area is 114 Å². The lowest BCUT2D eigenvalue weighted by molar-refractivity contribution is -0.128. The van der Waals surface area contributed by atoms with Gasteiger partial charge in [0.05, 0.1) is 11.2 Å². The predicted octanol–water partition coefficient (Wildman–Crippen LogP) is 0.986. The van der Waals surface area contributed by atoms with E-state index in [1.165, 1.54) is 6.42 Å². The van der Waals surface area contributed by atoms with E-state index in [0.717, 1.165) is 31.4 Å². The Morgan fingerprint density at radius 1 is 1.68 bits per heavy atom. The molecule has 0 aromatic carbocycles. The summed E-state index contributed by atoms with van der Waals surface area (Å²) in [5, 5.41) is 7.24. The molecule has 1 heterocycles. The second-order valence-electron chi connectivity index (χ2n) is 5.84. The van der Waals surface area contributed by atoms with Gasteiger partial charge in [-0.3, -0.25) is 9.48 Å². The van der Waals surface area contributed by atoms with Crippen LogP contribution in [0.5, 0.6) is 0 Å². The van der Waals surface area contributed by atoms with Crippen molar-refractivity contribution < 1.29 is 4.79 Å². The predicted molar refractivity (Wildman–Crippen MR) is 74.5 cm³/mol. The van der Waals surface area contributed by atoms with Gasteiger partial charge in [0.2, 0.25) is 5.91 Å². The van der Waals surface area contributed by atoms with E-state index in [1.807, 2.05) is 19.3 Å². The molecule has 106 valence electrons. The lowest BCUT2D eigenvalue weighted by atomic mass is 9.76. The largest absolute Gasteiger partial charge is 0.354 e. The van der Waals surface area contributed by atoms with E-state index in [0.29, 0.717) is 12.5 Å². The lowest BCUT2D eigenvalue weighted by Crippen LogP contribution is -2.56. The van der Waals surface area contributed by atoms with Crippen LogP contribution in [-0.4, -0.2) is 27.8 Å². The van der Waals surface area contributed by atoms with Gasteiger partial charge in [-0.15, -0.1) is 0 Å². The molecule has 0 radical (unpaired) electrons. The molecule has 1 amide bonds. The van der Waals surface area contributed by atoms with Crippen molar-refractivity contribution >= 4 is 5.91 Å². The summed E-state index contributed by atoms with van der Waals surface area (Å²) < 4.78 is 1.77. The summed E-state index contributed by atoms with van der Waals surface area (Å²) in [6.45, 7) is 2.77. The standard InChI is InChI=1S/C14H24N4O/c1-11-4-3-7-14(15,10-11)13(19)16-8-5-12-6-9-18(2)17-12/h6,9,11H,3-5,7-8,10,15H2,1-2H3,(H,16,19). The maximum atomic E-state index is 12.2. The Morgan fingerprint density at radius 3 is 3.11 bits per heavy atom. The van der Waals surface area contributed by atoms with Crippen LogP contribution in [0, 0.1) is 5.92 Å². The molecule has 2 unspecified atom stereocenters. The van der Waals surface area contributed by atoms with Gasteiger partial charge in [0.15, 0.2) is 0 Å². The van der Waals surface area contributed by atoms with Gasteiger partial charge in [0.1, 0.15) is 0 Å². The number of nitrogens with one attached hydrogen (secondary N) is 1. The zero-order valence-electron chi connectivity index (χ0n) is 11.9. The van der Waals surface area contributed by atoms with E-state index >= 15 is 0 Å².